The number of ether oxygens (including phenoxy) is 1. The monoisotopic (exact) mass is 541 g/mol. The summed E-state index contributed by atoms with van der Waals surface area (Å²) >= 11 is 2.79. The van der Waals surface area contributed by atoms with Gasteiger partial charge in [-0.2, -0.15) is 5.90 Å². The number of nitrogens with one attached hydrogen (secondary N) is 1. The van der Waals surface area contributed by atoms with Crippen molar-refractivity contribution in [3.05, 3.63) is 59.3 Å². The molecule has 1 aliphatic rings. The van der Waals surface area contributed by atoms with Gasteiger partial charge in [0, 0.05) is 43.6 Å². The van der Waals surface area contributed by atoms with Gasteiger partial charge in [-0.25, -0.2) is 4.98 Å². The Morgan fingerprint density at radius 3 is 2.38 bits per heavy atom. The van der Waals surface area contributed by atoms with E-state index in [9.17, 15) is 14.4 Å². The van der Waals surface area contributed by atoms with Crippen LogP contribution < -0.4 is 20.8 Å². The van der Waals surface area contributed by atoms with Crippen molar-refractivity contribution in [3.8, 4) is 11.5 Å². The lowest BCUT2D eigenvalue weighted by Crippen LogP contribution is -2.50. The third-order valence-corrected chi connectivity index (χ3v) is 8.08. The minimum Gasteiger partial charge on any atom is -0.496 e. The maximum atomic E-state index is 13.3. The molecule has 194 valence electrons. The lowest BCUT2D eigenvalue weighted by atomic mass is 10.1. The van der Waals surface area contributed by atoms with Crippen LogP contribution in [0.2, 0.25) is 0 Å². The number of amides is 3. The molecular weight excluding hydrogens is 514 g/mol. The standard InChI is InChI=1S/C25H27N5O5S2/c1-15-12-20(34-3)19(24(33)30-10-8-29(9-11-30)16(2)31)13-21(15)36-22-14-27-25(37-22)28-23(32)17-4-6-18(35-26)7-5-17/h4-7,12-14H,8-11,26H2,1-3H3,(H,27,28,32). The first kappa shape index (κ1) is 26.5. The van der Waals surface area contributed by atoms with E-state index in [1.807, 2.05) is 19.1 Å². The summed E-state index contributed by atoms with van der Waals surface area (Å²) in [4.78, 5) is 50.8. The van der Waals surface area contributed by atoms with E-state index in [0.29, 0.717) is 53.9 Å². The van der Waals surface area contributed by atoms with Crippen LogP contribution in [0.25, 0.3) is 0 Å². The minimum atomic E-state index is -0.298. The summed E-state index contributed by atoms with van der Waals surface area (Å²) in [5.74, 6) is 5.66. The molecule has 1 aromatic heterocycles. The van der Waals surface area contributed by atoms with E-state index in [4.69, 9.17) is 10.6 Å². The number of thiazole rings is 1. The third-order valence-electron chi connectivity index (χ3n) is 5.91. The molecule has 0 bridgehead atoms. The van der Waals surface area contributed by atoms with Crippen LogP contribution in [-0.2, 0) is 4.79 Å². The number of carbonyl (C=O) groups is 3. The SMILES string of the molecule is COc1cc(C)c(Sc2cnc(NC(=O)c3ccc(ON)cc3)s2)cc1C(=O)N1CCN(C(C)=O)CC1. The second-order valence-electron chi connectivity index (χ2n) is 8.30. The zero-order chi connectivity index (χ0) is 26.5. The number of aryl methyl sites for hydroxylation is 1. The van der Waals surface area contributed by atoms with Crippen molar-refractivity contribution >= 4 is 46.0 Å². The second-order valence-corrected chi connectivity index (χ2v) is 10.7. The van der Waals surface area contributed by atoms with E-state index >= 15 is 0 Å². The molecule has 0 radical (unpaired) electrons. The molecular formula is C25H27N5O5S2. The normalized spacial score (nSPS) is 13.3. The molecule has 3 N–H and O–H groups in total. The highest BCUT2D eigenvalue weighted by Crippen LogP contribution is 2.38. The smallest absolute Gasteiger partial charge is 0.257 e. The van der Waals surface area contributed by atoms with Crippen molar-refractivity contribution in [2.75, 3.05) is 38.6 Å². The van der Waals surface area contributed by atoms with Gasteiger partial charge in [0.2, 0.25) is 5.91 Å². The van der Waals surface area contributed by atoms with Gasteiger partial charge in [-0.15, -0.1) is 0 Å². The highest BCUT2D eigenvalue weighted by atomic mass is 32.2. The Kier molecular flexibility index (Phi) is 8.31. The second kappa shape index (κ2) is 11.6. The van der Waals surface area contributed by atoms with Crippen molar-refractivity contribution in [2.24, 2.45) is 5.90 Å². The molecule has 2 aromatic carbocycles. The Balaban J connectivity index is 1.47. The molecule has 10 nitrogen and oxygen atoms in total. The fourth-order valence-electron chi connectivity index (χ4n) is 3.83. The summed E-state index contributed by atoms with van der Waals surface area (Å²) in [6.07, 6.45) is 1.68. The van der Waals surface area contributed by atoms with Crippen LogP contribution in [-0.4, -0.2) is 65.8 Å². The lowest BCUT2D eigenvalue weighted by molar-refractivity contribution is -0.130. The number of anilines is 1. The van der Waals surface area contributed by atoms with Gasteiger partial charge in [0.1, 0.15) is 11.5 Å². The van der Waals surface area contributed by atoms with E-state index in [0.717, 1.165) is 14.7 Å². The van der Waals surface area contributed by atoms with E-state index in [1.165, 1.54) is 30.0 Å². The van der Waals surface area contributed by atoms with Gasteiger partial charge in [-0.3, -0.25) is 19.7 Å². The van der Waals surface area contributed by atoms with Gasteiger partial charge < -0.3 is 19.4 Å². The van der Waals surface area contributed by atoms with Crippen LogP contribution in [0.15, 0.2) is 51.7 Å². The molecule has 0 atom stereocenters. The molecule has 2 heterocycles. The molecule has 3 amide bonds. The van der Waals surface area contributed by atoms with Gasteiger partial charge in [-0.05, 0) is 48.9 Å². The maximum absolute atomic E-state index is 13.3. The zero-order valence-corrected chi connectivity index (χ0v) is 22.3. The summed E-state index contributed by atoms with van der Waals surface area (Å²) in [6, 6.07) is 10.1. The maximum Gasteiger partial charge on any atom is 0.257 e. The van der Waals surface area contributed by atoms with Gasteiger partial charge >= 0.3 is 0 Å². The average Bonchev–Trinajstić information content (AvgIpc) is 3.35. The molecule has 0 unspecified atom stereocenters. The van der Waals surface area contributed by atoms with Crippen LogP contribution in [0.3, 0.4) is 0 Å². The minimum absolute atomic E-state index is 0.0120. The summed E-state index contributed by atoms with van der Waals surface area (Å²) in [7, 11) is 1.54. The van der Waals surface area contributed by atoms with E-state index < -0.39 is 0 Å². The van der Waals surface area contributed by atoms with Crippen LogP contribution >= 0.6 is 23.1 Å². The Hall–Kier alpha value is -3.61. The van der Waals surface area contributed by atoms with Crippen molar-refractivity contribution in [2.45, 2.75) is 23.0 Å². The number of methoxy groups -OCH3 is 1. The molecule has 3 aromatic rings. The lowest BCUT2D eigenvalue weighted by Gasteiger charge is -2.34. The van der Waals surface area contributed by atoms with Crippen LogP contribution in [0.1, 0.15) is 33.2 Å². The molecule has 1 aliphatic heterocycles. The van der Waals surface area contributed by atoms with E-state index in [2.05, 4.69) is 15.1 Å². The number of nitrogens with two attached hydrogens (primary N) is 1. The van der Waals surface area contributed by atoms with Gasteiger partial charge in [-0.1, -0.05) is 23.1 Å². The van der Waals surface area contributed by atoms with Crippen LogP contribution in [0, 0.1) is 6.92 Å². The highest BCUT2D eigenvalue weighted by Gasteiger charge is 2.26. The zero-order valence-electron chi connectivity index (χ0n) is 20.6. The predicted molar refractivity (Wildman–Crippen MR) is 141 cm³/mol. The summed E-state index contributed by atoms with van der Waals surface area (Å²) in [6.45, 7) is 5.45. The number of carbonyl (C=O) groups excluding carboxylic acids is 3. The van der Waals surface area contributed by atoms with Gasteiger partial charge in [0.05, 0.1) is 23.1 Å². The Morgan fingerprint density at radius 1 is 1.08 bits per heavy atom. The third kappa shape index (κ3) is 6.21. The first-order valence-electron chi connectivity index (χ1n) is 11.4. The molecule has 1 saturated heterocycles. The quantitative estimate of drug-likeness (QED) is 0.436. The molecule has 4 rings (SSSR count). The van der Waals surface area contributed by atoms with E-state index in [-0.39, 0.29) is 17.7 Å². The fourth-order valence-corrected chi connectivity index (χ4v) is 5.77. The summed E-state index contributed by atoms with van der Waals surface area (Å²) in [5, 5.41) is 3.25. The van der Waals surface area contributed by atoms with Crippen molar-refractivity contribution < 1.29 is 24.0 Å². The number of hydrogen-bond donors (Lipinski definition) is 2. The first-order valence-corrected chi connectivity index (χ1v) is 13.1. The van der Waals surface area contributed by atoms with Crippen LogP contribution in [0.4, 0.5) is 5.13 Å². The Morgan fingerprint density at radius 2 is 1.76 bits per heavy atom. The molecule has 0 spiro atoms. The number of nitrogens with zero attached hydrogens (tertiary/aromatic N) is 3. The van der Waals surface area contributed by atoms with E-state index in [1.54, 1.807) is 47.4 Å². The molecule has 37 heavy (non-hydrogen) atoms. The topological polar surface area (TPSA) is 127 Å². The number of hydrogen-bond acceptors (Lipinski definition) is 9. The van der Waals surface area contributed by atoms with Crippen LogP contribution in [0.5, 0.6) is 11.5 Å². The molecule has 0 aliphatic carbocycles. The number of benzene rings is 2. The van der Waals surface area contributed by atoms with Gasteiger partial charge in [0.25, 0.3) is 11.8 Å². The summed E-state index contributed by atoms with van der Waals surface area (Å²) < 4.78 is 6.36. The number of piperazine rings is 1. The van der Waals surface area contributed by atoms with Gasteiger partial charge in [0.15, 0.2) is 5.13 Å². The Labute approximate surface area is 222 Å². The van der Waals surface area contributed by atoms with Crippen molar-refractivity contribution in [3.63, 3.8) is 0 Å². The fraction of sp³-hybridized carbons (Fsp3) is 0.280. The predicted octanol–water partition coefficient (Wildman–Crippen LogP) is 3.42. The molecule has 1 fully saturated rings. The number of rotatable bonds is 7. The first-order chi connectivity index (χ1) is 17.8. The number of aromatic nitrogens is 1. The highest BCUT2D eigenvalue weighted by molar-refractivity contribution is 8.01. The average molecular weight is 542 g/mol. The Bertz CT molecular complexity index is 1300. The van der Waals surface area contributed by atoms with Crippen molar-refractivity contribution in [1.82, 2.24) is 14.8 Å². The summed E-state index contributed by atoms with van der Waals surface area (Å²) in [5.41, 5.74) is 1.86. The molecule has 12 heteroatoms. The molecule has 0 saturated carbocycles. The largest absolute Gasteiger partial charge is 0.496 e. The van der Waals surface area contributed by atoms with Crippen molar-refractivity contribution in [1.29, 1.82) is 0 Å².